The molecule has 9 nitrogen and oxygen atoms in total. The number of amides is 2. The fourth-order valence-electron chi connectivity index (χ4n) is 4.83. The van der Waals surface area contributed by atoms with Crippen LogP contribution in [0.25, 0.3) is 33.4 Å². The number of nitrogens with zero attached hydrogens (tertiary/aromatic N) is 4. The van der Waals surface area contributed by atoms with Crippen LogP contribution in [0.3, 0.4) is 0 Å². The molecule has 6 rings (SSSR count). The first-order valence-electron chi connectivity index (χ1n) is 12.8. The summed E-state index contributed by atoms with van der Waals surface area (Å²) in [7, 11) is 1.85. The van der Waals surface area contributed by atoms with Gasteiger partial charge in [0.15, 0.2) is 11.6 Å². The highest BCUT2D eigenvalue weighted by Gasteiger charge is 2.29. The van der Waals surface area contributed by atoms with Crippen LogP contribution in [0.2, 0.25) is 0 Å². The van der Waals surface area contributed by atoms with Crippen molar-refractivity contribution in [3.05, 3.63) is 66.8 Å². The number of nitrogen functional groups attached to an aromatic ring is 1. The van der Waals surface area contributed by atoms with E-state index >= 15 is 4.39 Å². The molecule has 0 bridgehead atoms. The predicted octanol–water partition coefficient (Wildman–Crippen LogP) is 5.13. The van der Waals surface area contributed by atoms with Crippen molar-refractivity contribution in [1.82, 2.24) is 19.4 Å². The average Bonchev–Trinajstić information content (AvgIpc) is 3.69. The van der Waals surface area contributed by atoms with E-state index in [0.29, 0.717) is 46.5 Å². The van der Waals surface area contributed by atoms with E-state index in [0.717, 1.165) is 30.5 Å². The number of hydrogen-bond donors (Lipinski definition) is 2. The summed E-state index contributed by atoms with van der Waals surface area (Å²) in [6.07, 6.45) is 3.74. The molecule has 0 unspecified atom stereocenters. The molecule has 2 aromatic heterocycles. The van der Waals surface area contributed by atoms with E-state index in [4.69, 9.17) is 10.5 Å². The Balaban J connectivity index is 1.38. The molecule has 3 heterocycles. The van der Waals surface area contributed by atoms with Gasteiger partial charge in [-0.2, -0.15) is 0 Å². The summed E-state index contributed by atoms with van der Waals surface area (Å²) >= 11 is 0. The van der Waals surface area contributed by atoms with Gasteiger partial charge < -0.3 is 25.3 Å². The Bertz CT molecular complexity index is 1640. The van der Waals surface area contributed by atoms with Gasteiger partial charge in [-0.3, -0.25) is 4.79 Å². The van der Waals surface area contributed by atoms with Crippen LogP contribution in [-0.4, -0.2) is 44.5 Å². The third kappa shape index (κ3) is 4.47. The van der Waals surface area contributed by atoms with Crippen molar-refractivity contribution in [3.8, 4) is 28.1 Å². The molecule has 198 valence electrons. The molecule has 0 spiro atoms. The largest absolute Gasteiger partial charge is 0.415 e. The fourth-order valence-corrected chi connectivity index (χ4v) is 4.83. The Hall–Kier alpha value is -4.73. The summed E-state index contributed by atoms with van der Waals surface area (Å²) < 4.78 is 22.4. The molecule has 3 N–H and O–H groups in total. The maximum absolute atomic E-state index is 15.2. The van der Waals surface area contributed by atoms with Gasteiger partial charge in [-0.15, -0.1) is 0 Å². The number of carbonyl (C=O) groups excluding carboxylic acids is 2. The van der Waals surface area contributed by atoms with Gasteiger partial charge in [0.1, 0.15) is 17.8 Å². The molecule has 10 heteroatoms. The standard InChI is InChI=1S/C29H27FN6O3/c1-16(17-4-5-17)28(37)34-20-9-6-18(7-10-20)25-23(24-26(31)32-15-33-27(24)35(25)2)19-8-11-22(21(30)14-19)39-29(38)36-12-3-13-36/h6-11,14-15,17H,1,3-5,12-13H2,2H3,(H,34,37)(H2,31,32,33). The van der Waals surface area contributed by atoms with Crippen molar-refractivity contribution in [3.63, 3.8) is 0 Å². The molecule has 2 fully saturated rings. The number of fused-ring (bicyclic) bond motifs is 1. The molecule has 1 saturated heterocycles. The van der Waals surface area contributed by atoms with E-state index in [1.165, 1.54) is 23.4 Å². The van der Waals surface area contributed by atoms with Crippen molar-refractivity contribution in [1.29, 1.82) is 0 Å². The first-order chi connectivity index (χ1) is 18.8. The predicted molar refractivity (Wildman–Crippen MR) is 146 cm³/mol. The zero-order valence-corrected chi connectivity index (χ0v) is 21.4. The third-order valence-electron chi connectivity index (χ3n) is 7.31. The monoisotopic (exact) mass is 526 g/mol. The zero-order valence-electron chi connectivity index (χ0n) is 21.4. The Morgan fingerprint density at radius 1 is 1.10 bits per heavy atom. The fraction of sp³-hybridized carbons (Fsp3) is 0.241. The van der Waals surface area contributed by atoms with Gasteiger partial charge >= 0.3 is 6.09 Å². The summed E-state index contributed by atoms with van der Waals surface area (Å²) in [5.74, 6) is -0.458. The maximum Gasteiger partial charge on any atom is 0.415 e. The Morgan fingerprint density at radius 2 is 1.82 bits per heavy atom. The van der Waals surface area contributed by atoms with Gasteiger partial charge in [-0.05, 0) is 60.6 Å². The number of anilines is 2. The van der Waals surface area contributed by atoms with Crippen LogP contribution in [0.4, 0.5) is 20.7 Å². The summed E-state index contributed by atoms with van der Waals surface area (Å²) in [5.41, 5.74) is 10.8. The normalized spacial score (nSPS) is 14.7. The second-order valence-corrected chi connectivity index (χ2v) is 9.92. The number of rotatable bonds is 6. The molecule has 1 saturated carbocycles. The lowest BCUT2D eigenvalue weighted by atomic mass is 9.98. The van der Waals surface area contributed by atoms with Crippen molar-refractivity contribution in [2.45, 2.75) is 19.3 Å². The minimum absolute atomic E-state index is 0.144. The highest BCUT2D eigenvalue weighted by Crippen LogP contribution is 2.42. The number of benzene rings is 2. The molecule has 2 aromatic carbocycles. The smallest absolute Gasteiger partial charge is 0.407 e. The van der Waals surface area contributed by atoms with E-state index in [-0.39, 0.29) is 23.4 Å². The van der Waals surface area contributed by atoms with Crippen LogP contribution in [0.1, 0.15) is 19.3 Å². The Kier molecular flexibility index (Phi) is 6.02. The number of likely N-dealkylation sites (tertiary alicyclic amines) is 1. The first-order valence-corrected chi connectivity index (χ1v) is 12.8. The number of hydrogen-bond acceptors (Lipinski definition) is 6. The third-order valence-corrected chi connectivity index (χ3v) is 7.31. The van der Waals surface area contributed by atoms with Crippen LogP contribution in [-0.2, 0) is 11.8 Å². The molecule has 0 radical (unpaired) electrons. The van der Waals surface area contributed by atoms with Gasteiger partial charge in [0.2, 0.25) is 0 Å². The first kappa shape index (κ1) is 24.6. The number of halogens is 1. The molecule has 2 amide bonds. The van der Waals surface area contributed by atoms with E-state index in [9.17, 15) is 9.59 Å². The number of aromatic nitrogens is 3. The maximum atomic E-state index is 15.2. The summed E-state index contributed by atoms with van der Waals surface area (Å²) in [6.45, 7) is 5.12. The highest BCUT2D eigenvalue weighted by molar-refractivity contribution is 6.08. The van der Waals surface area contributed by atoms with E-state index < -0.39 is 11.9 Å². The van der Waals surface area contributed by atoms with Gasteiger partial charge in [0.25, 0.3) is 5.91 Å². The second-order valence-electron chi connectivity index (χ2n) is 9.92. The number of ether oxygens (including phenoxy) is 1. The van der Waals surface area contributed by atoms with Crippen molar-refractivity contribution in [2.75, 3.05) is 24.1 Å². The van der Waals surface area contributed by atoms with Crippen molar-refractivity contribution in [2.24, 2.45) is 13.0 Å². The minimum atomic E-state index is -0.673. The van der Waals surface area contributed by atoms with Crippen molar-refractivity contribution < 1.29 is 18.7 Å². The molecular weight excluding hydrogens is 499 g/mol. The topological polar surface area (TPSA) is 115 Å². The Morgan fingerprint density at radius 3 is 2.46 bits per heavy atom. The van der Waals surface area contributed by atoms with Crippen molar-refractivity contribution >= 4 is 34.5 Å². The van der Waals surface area contributed by atoms with E-state index in [2.05, 4.69) is 21.9 Å². The van der Waals surface area contributed by atoms with Gasteiger partial charge in [0.05, 0.1) is 11.1 Å². The zero-order chi connectivity index (χ0) is 27.3. The SMILES string of the molecule is C=C(C(=O)Nc1ccc(-c2c(-c3ccc(OC(=O)N4CCC4)c(F)c3)c3c(N)ncnc3n2C)cc1)C1CC1. The van der Waals surface area contributed by atoms with E-state index in [1.807, 2.05) is 35.9 Å². The number of nitrogens with one attached hydrogen (secondary N) is 1. The highest BCUT2D eigenvalue weighted by atomic mass is 19.1. The quantitative estimate of drug-likeness (QED) is 0.337. The lowest BCUT2D eigenvalue weighted by Crippen LogP contribution is -2.43. The molecule has 0 atom stereocenters. The number of aryl methyl sites for hydroxylation is 1. The molecule has 1 aliphatic carbocycles. The van der Waals surface area contributed by atoms with Crippen LogP contribution >= 0.6 is 0 Å². The molecule has 39 heavy (non-hydrogen) atoms. The average molecular weight is 527 g/mol. The lowest BCUT2D eigenvalue weighted by Gasteiger charge is -2.29. The Labute approximate surface area is 224 Å². The summed E-state index contributed by atoms with van der Waals surface area (Å²) in [5, 5.41) is 3.48. The van der Waals surface area contributed by atoms with Crippen LogP contribution in [0.5, 0.6) is 5.75 Å². The van der Waals surface area contributed by atoms with Crippen LogP contribution in [0, 0.1) is 11.7 Å². The van der Waals surface area contributed by atoms with Gasteiger partial charge in [-0.25, -0.2) is 19.2 Å². The molecule has 2 aliphatic rings. The van der Waals surface area contributed by atoms with E-state index in [1.54, 1.807) is 6.07 Å². The summed E-state index contributed by atoms with van der Waals surface area (Å²) in [6, 6.07) is 11.8. The lowest BCUT2D eigenvalue weighted by molar-refractivity contribution is -0.113. The second kappa shape index (κ2) is 9.54. The number of carbonyl (C=O) groups is 2. The van der Waals surface area contributed by atoms with Gasteiger partial charge in [0, 0.05) is 37.0 Å². The van der Waals surface area contributed by atoms with Crippen LogP contribution < -0.4 is 15.8 Å². The van der Waals surface area contributed by atoms with Gasteiger partial charge in [-0.1, -0.05) is 24.8 Å². The molecular formula is C29H27FN6O3. The number of nitrogens with two attached hydrogens (primary N) is 1. The molecule has 4 aromatic rings. The molecule has 1 aliphatic heterocycles. The minimum Gasteiger partial charge on any atom is -0.407 e. The summed E-state index contributed by atoms with van der Waals surface area (Å²) in [4.78, 5) is 34.8. The van der Waals surface area contributed by atoms with Crippen LogP contribution in [0.15, 0.2) is 60.9 Å².